The quantitative estimate of drug-likeness (QED) is 0.917. The highest BCUT2D eigenvalue weighted by atomic mass is 32.2. The Morgan fingerprint density at radius 3 is 2.72 bits per heavy atom. The van der Waals surface area contributed by atoms with Crippen molar-refractivity contribution in [1.29, 1.82) is 0 Å². The summed E-state index contributed by atoms with van der Waals surface area (Å²) in [5.74, 6) is 0.810. The van der Waals surface area contributed by atoms with E-state index in [9.17, 15) is 5.11 Å². The Morgan fingerprint density at radius 1 is 1.22 bits per heavy atom. The molecule has 0 aliphatic rings. The molecule has 0 amide bonds. The summed E-state index contributed by atoms with van der Waals surface area (Å²) in [7, 11) is 1.65. The fourth-order valence-electron chi connectivity index (χ4n) is 1.61. The summed E-state index contributed by atoms with van der Waals surface area (Å²) in [5, 5.41) is 10.5. The SMILES string of the molecule is COc1ccccc1Sc1ncccc1[C@H](C)O. The summed E-state index contributed by atoms with van der Waals surface area (Å²) in [6.45, 7) is 1.74. The molecule has 3 nitrogen and oxygen atoms in total. The normalized spacial score (nSPS) is 12.2. The molecule has 0 aliphatic carbocycles. The first-order valence-corrected chi connectivity index (χ1v) is 6.48. The second-order valence-corrected chi connectivity index (χ2v) is 4.86. The van der Waals surface area contributed by atoms with Crippen molar-refractivity contribution in [1.82, 2.24) is 4.98 Å². The summed E-state index contributed by atoms with van der Waals surface area (Å²) in [6.07, 6.45) is 1.19. The number of ether oxygens (including phenoxy) is 1. The van der Waals surface area contributed by atoms with E-state index in [4.69, 9.17) is 4.74 Å². The zero-order chi connectivity index (χ0) is 13.0. The summed E-state index contributed by atoms with van der Waals surface area (Å²) in [5.41, 5.74) is 0.827. The van der Waals surface area contributed by atoms with Gasteiger partial charge in [-0.3, -0.25) is 0 Å². The summed E-state index contributed by atoms with van der Waals surface area (Å²) in [4.78, 5) is 5.30. The molecule has 0 saturated heterocycles. The van der Waals surface area contributed by atoms with E-state index in [0.717, 1.165) is 21.2 Å². The van der Waals surface area contributed by atoms with Gasteiger partial charge in [0.25, 0.3) is 0 Å². The summed E-state index contributed by atoms with van der Waals surface area (Å²) in [6, 6.07) is 11.5. The van der Waals surface area contributed by atoms with Crippen molar-refractivity contribution in [3.05, 3.63) is 48.2 Å². The second-order valence-electron chi connectivity index (χ2n) is 3.83. The largest absolute Gasteiger partial charge is 0.496 e. The highest BCUT2D eigenvalue weighted by molar-refractivity contribution is 7.99. The average molecular weight is 261 g/mol. The van der Waals surface area contributed by atoms with E-state index in [1.165, 1.54) is 11.8 Å². The molecule has 0 aliphatic heterocycles. The maximum Gasteiger partial charge on any atom is 0.132 e. The lowest BCUT2D eigenvalue weighted by molar-refractivity contribution is 0.195. The molecule has 0 saturated carbocycles. The highest BCUT2D eigenvalue weighted by Gasteiger charge is 2.12. The third-order valence-corrected chi connectivity index (χ3v) is 3.62. The number of methoxy groups -OCH3 is 1. The minimum atomic E-state index is -0.532. The number of aromatic nitrogens is 1. The van der Waals surface area contributed by atoms with E-state index in [-0.39, 0.29) is 0 Å². The van der Waals surface area contributed by atoms with Gasteiger partial charge in [-0.05, 0) is 25.1 Å². The van der Waals surface area contributed by atoms with Crippen LogP contribution in [0.4, 0.5) is 0 Å². The van der Waals surface area contributed by atoms with Crippen molar-refractivity contribution in [2.45, 2.75) is 22.9 Å². The number of hydrogen-bond acceptors (Lipinski definition) is 4. The van der Waals surface area contributed by atoms with Crippen molar-refractivity contribution in [3.8, 4) is 5.75 Å². The van der Waals surface area contributed by atoms with E-state index in [1.807, 2.05) is 36.4 Å². The lowest BCUT2D eigenvalue weighted by atomic mass is 10.2. The Morgan fingerprint density at radius 2 is 2.00 bits per heavy atom. The Kier molecular flexibility index (Phi) is 4.23. The van der Waals surface area contributed by atoms with Gasteiger partial charge < -0.3 is 9.84 Å². The highest BCUT2D eigenvalue weighted by Crippen LogP contribution is 2.36. The van der Waals surface area contributed by atoms with Gasteiger partial charge in [-0.25, -0.2) is 4.98 Å². The molecule has 94 valence electrons. The first-order chi connectivity index (χ1) is 8.72. The molecule has 1 heterocycles. The number of aliphatic hydroxyl groups excluding tert-OH is 1. The minimum absolute atomic E-state index is 0.532. The molecule has 1 aromatic heterocycles. The lowest BCUT2D eigenvalue weighted by Gasteiger charge is -2.11. The van der Waals surface area contributed by atoms with Gasteiger partial charge in [0.15, 0.2) is 0 Å². The minimum Gasteiger partial charge on any atom is -0.496 e. The number of nitrogens with zero attached hydrogens (tertiary/aromatic N) is 1. The molecule has 2 aromatic rings. The zero-order valence-corrected chi connectivity index (χ0v) is 11.1. The summed E-state index contributed by atoms with van der Waals surface area (Å²) >= 11 is 1.50. The molecule has 1 N–H and O–H groups in total. The van der Waals surface area contributed by atoms with E-state index in [0.29, 0.717) is 0 Å². The Balaban J connectivity index is 2.34. The number of hydrogen-bond donors (Lipinski definition) is 1. The molecule has 0 spiro atoms. The van der Waals surface area contributed by atoms with Crippen molar-refractivity contribution in [3.63, 3.8) is 0 Å². The van der Waals surface area contributed by atoms with Crippen LogP contribution in [0.2, 0.25) is 0 Å². The Bertz CT molecular complexity index is 529. The van der Waals surface area contributed by atoms with Crippen LogP contribution in [0.15, 0.2) is 52.5 Å². The third-order valence-electron chi connectivity index (χ3n) is 2.53. The van der Waals surface area contributed by atoms with Crippen LogP contribution in [-0.2, 0) is 0 Å². The first-order valence-electron chi connectivity index (χ1n) is 5.66. The van der Waals surface area contributed by atoms with Gasteiger partial charge in [-0.15, -0.1) is 0 Å². The predicted molar refractivity (Wildman–Crippen MR) is 72.0 cm³/mol. The van der Waals surface area contributed by atoms with Crippen LogP contribution in [0, 0.1) is 0 Å². The van der Waals surface area contributed by atoms with Crippen molar-refractivity contribution < 1.29 is 9.84 Å². The van der Waals surface area contributed by atoms with E-state index < -0.39 is 6.10 Å². The fraction of sp³-hybridized carbons (Fsp3) is 0.214. The van der Waals surface area contributed by atoms with Gasteiger partial charge in [0, 0.05) is 11.8 Å². The van der Waals surface area contributed by atoms with Gasteiger partial charge in [-0.1, -0.05) is 30.0 Å². The van der Waals surface area contributed by atoms with Crippen LogP contribution in [0.1, 0.15) is 18.6 Å². The van der Waals surface area contributed by atoms with Crippen molar-refractivity contribution in [2.75, 3.05) is 7.11 Å². The van der Waals surface area contributed by atoms with E-state index in [1.54, 1.807) is 20.2 Å². The van der Waals surface area contributed by atoms with Gasteiger partial charge >= 0.3 is 0 Å². The molecule has 0 radical (unpaired) electrons. The maximum absolute atomic E-state index is 9.72. The number of benzene rings is 1. The standard InChI is InChI=1S/C14H15NO2S/c1-10(16)11-6-5-9-15-14(11)18-13-8-4-3-7-12(13)17-2/h3-10,16H,1-2H3/t10-/m0/s1. The second kappa shape index (κ2) is 5.89. The molecule has 0 fully saturated rings. The molecule has 18 heavy (non-hydrogen) atoms. The molecule has 1 atom stereocenters. The van der Waals surface area contributed by atoms with Crippen LogP contribution >= 0.6 is 11.8 Å². The number of aliphatic hydroxyl groups is 1. The van der Waals surface area contributed by atoms with E-state index >= 15 is 0 Å². The Hall–Kier alpha value is -1.52. The van der Waals surface area contributed by atoms with Crippen LogP contribution in [0.5, 0.6) is 5.75 Å². The van der Waals surface area contributed by atoms with Crippen molar-refractivity contribution in [2.24, 2.45) is 0 Å². The smallest absolute Gasteiger partial charge is 0.132 e. The van der Waals surface area contributed by atoms with Crippen LogP contribution in [0.3, 0.4) is 0 Å². The number of para-hydroxylation sites is 1. The number of pyridine rings is 1. The topological polar surface area (TPSA) is 42.4 Å². The number of rotatable bonds is 4. The van der Waals surface area contributed by atoms with Crippen LogP contribution in [-0.4, -0.2) is 17.2 Å². The molecule has 0 unspecified atom stereocenters. The molecular formula is C14H15NO2S. The van der Waals surface area contributed by atoms with Gasteiger partial charge in [0.2, 0.25) is 0 Å². The van der Waals surface area contributed by atoms with E-state index in [2.05, 4.69) is 4.98 Å². The maximum atomic E-state index is 9.72. The fourth-order valence-corrected chi connectivity index (χ4v) is 2.69. The first kappa shape index (κ1) is 12.9. The average Bonchev–Trinajstić information content (AvgIpc) is 2.40. The molecular weight excluding hydrogens is 246 g/mol. The van der Waals surface area contributed by atoms with Gasteiger partial charge in [-0.2, -0.15) is 0 Å². The molecule has 0 bridgehead atoms. The van der Waals surface area contributed by atoms with Gasteiger partial charge in [0.05, 0.1) is 18.1 Å². The predicted octanol–water partition coefficient (Wildman–Crippen LogP) is 3.29. The van der Waals surface area contributed by atoms with Crippen molar-refractivity contribution >= 4 is 11.8 Å². The van der Waals surface area contributed by atoms with Crippen LogP contribution in [0.25, 0.3) is 0 Å². The molecule has 4 heteroatoms. The summed E-state index contributed by atoms with van der Waals surface area (Å²) < 4.78 is 5.31. The monoisotopic (exact) mass is 261 g/mol. The van der Waals surface area contributed by atoms with Gasteiger partial charge in [0.1, 0.15) is 10.8 Å². The third kappa shape index (κ3) is 2.83. The lowest BCUT2D eigenvalue weighted by Crippen LogP contribution is -1.96. The molecule has 2 rings (SSSR count). The zero-order valence-electron chi connectivity index (χ0n) is 10.3. The Labute approximate surface area is 111 Å². The van der Waals surface area contributed by atoms with Crippen LogP contribution < -0.4 is 4.74 Å². The molecule has 1 aromatic carbocycles.